The van der Waals surface area contributed by atoms with Crippen molar-refractivity contribution in [2.45, 2.75) is 19.4 Å². The Balaban J connectivity index is 1.37. The number of anilines is 1. The van der Waals surface area contributed by atoms with E-state index in [1.54, 1.807) is 12.1 Å². The van der Waals surface area contributed by atoms with Crippen molar-refractivity contribution in [3.05, 3.63) is 65.0 Å². The maximum Gasteiger partial charge on any atom is 0.241 e. The summed E-state index contributed by atoms with van der Waals surface area (Å²) in [4.78, 5) is 19.0. The molecular weight excluding hydrogens is 414 g/mol. The van der Waals surface area contributed by atoms with Crippen molar-refractivity contribution in [2.75, 3.05) is 18.4 Å². The number of likely N-dealkylation sites (tertiary alicyclic amines) is 1. The van der Waals surface area contributed by atoms with Gasteiger partial charge in [0.2, 0.25) is 17.6 Å². The van der Waals surface area contributed by atoms with Crippen LogP contribution in [-0.2, 0) is 11.3 Å². The van der Waals surface area contributed by atoms with E-state index < -0.39 is 11.6 Å². The SMILES string of the molecule is O=C(Nc1ccc(F)cc1F)C1CCCN(Cc2nc(-c3ccc(Cl)cc3)no2)C1. The van der Waals surface area contributed by atoms with Crippen molar-refractivity contribution in [1.29, 1.82) is 0 Å². The first-order valence-electron chi connectivity index (χ1n) is 9.55. The van der Waals surface area contributed by atoms with Crippen molar-refractivity contribution in [1.82, 2.24) is 15.0 Å². The quantitative estimate of drug-likeness (QED) is 0.642. The summed E-state index contributed by atoms with van der Waals surface area (Å²) in [6.45, 7) is 1.68. The molecule has 4 rings (SSSR count). The number of halogens is 3. The molecule has 0 radical (unpaired) electrons. The fraction of sp³-hybridized carbons (Fsp3) is 0.286. The Kier molecular flexibility index (Phi) is 6.06. The van der Waals surface area contributed by atoms with Gasteiger partial charge in [-0.1, -0.05) is 16.8 Å². The van der Waals surface area contributed by atoms with Crippen LogP contribution < -0.4 is 5.32 Å². The van der Waals surface area contributed by atoms with E-state index in [4.69, 9.17) is 16.1 Å². The predicted octanol–water partition coefficient (Wildman–Crippen LogP) is 4.52. The van der Waals surface area contributed by atoms with Crippen LogP contribution in [0.1, 0.15) is 18.7 Å². The number of rotatable bonds is 5. The number of hydrogen-bond donors (Lipinski definition) is 1. The van der Waals surface area contributed by atoms with Crippen LogP contribution in [0.15, 0.2) is 47.0 Å². The highest BCUT2D eigenvalue weighted by molar-refractivity contribution is 6.30. The van der Waals surface area contributed by atoms with Crippen molar-refractivity contribution in [3.8, 4) is 11.4 Å². The zero-order valence-corrected chi connectivity index (χ0v) is 16.7. The lowest BCUT2D eigenvalue weighted by Crippen LogP contribution is -2.40. The van der Waals surface area contributed by atoms with Crippen LogP contribution in [0.2, 0.25) is 5.02 Å². The lowest BCUT2D eigenvalue weighted by Gasteiger charge is -2.30. The standard InChI is InChI=1S/C21H19ClF2N4O2/c22-15-5-3-13(4-6-15)20-26-19(30-27-20)12-28-9-1-2-14(11-28)21(29)25-18-8-7-16(23)10-17(18)24/h3-8,10,14H,1-2,9,11-12H2,(H,25,29). The van der Waals surface area contributed by atoms with E-state index in [-0.39, 0.29) is 17.5 Å². The van der Waals surface area contributed by atoms with Crippen LogP contribution >= 0.6 is 11.6 Å². The Labute approximate surface area is 176 Å². The van der Waals surface area contributed by atoms with Crippen LogP contribution in [0.3, 0.4) is 0 Å². The lowest BCUT2D eigenvalue weighted by molar-refractivity contribution is -0.121. The summed E-state index contributed by atoms with van der Waals surface area (Å²) < 4.78 is 32.2. The molecule has 1 aromatic heterocycles. The second-order valence-electron chi connectivity index (χ2n) is 7.21. The minimum atomic E-state index is -0.795. The third-order valence-electron chi connectivity index (χ3n) is 4.99. The van der Waals surface area contributed by atoms with Crippen LogP contribution in [0.25, 0.3) is 11.4 Å². The summed E-state index contributed by atoms with van der Waals surface area (Å²) in [5, 5.41) is 7.18. The Morgan fingerprint density at radius 2 is 2.03 bits per heavy atom. The molecule has 1 atom stereocenters. The first-order valence-corrected chi connectivity index (χ1v) is 9.92. The summed E-state index contributed by atoms with van der Waals surface area (Å²) in [5.74, 6) is -1.17. The van der Waals surface area contributed by atoms with Gasteiger partial charge >= 0.3 is 0 Å². The number of amides is 1. The van der Waals surface area contributed by atoms with Crippen molar-refractivity contribution in [2.24, 2.45) is 5.92 Å². The minimum Gasteiger partial charge on any atom is -0.338 e. The van der Waals surface area contributed by atoms with E-state index in [0.29, 0.717) is 36.2 Å². The molecule has 0 bridgehead atoms. The molecule has 1 saturated heterocycles. The fourth-order valence-electron chi connectivity index (χ4n) is 3.47. The predicted molar refractivity (Wildman–Crippen MR) is 108 cm³/mol. The smallest absolute Gasteiger partial charge is 0.241 e. The number of aromatic nitrogens is 2. The van der Waals surface area contributed by atoms with Crippen LogP contribution in [-0.4, -0.2) is 34.0 Å². The minimum absolute atomic E-state index is 0.0250. The van der Waals surface area contributed by atoms with Gasteiger partial charge in [-0.3, -0.25) is 9.69 Å². The molecule has 1 unspecified atom stereocenters. The average Bonchev–Trinajstić information content (AvgIpc) is 3.19. The summed E-state index contributed by atoms with van der Waals surface area (Å²) >= 11 is 5.90. The number of carbonyl (C=O) groups is 1. The Hall–Kier alpha value is -2.84. The van der Waals surface area contributed by atoms with Gasteiger partial charge in [-0.25, -0.2) is 8.78 Å². The topological polar surface area (TPSA) is 71.3 Å². The highest BCUT2D eigenvalue weighted by Crippen LogP contribution is 2.23. The molecule has 2 aromatic carbocycles. The molecule has 9 heteroatoms. The monoisotopic (exact) mass is 432 g/mol. The van der Waals surface area contributed by atoms with Crippen molar-refractivity contribution >= 4 is 23.2 Å². The second-order valence-corrected chi connectivity index (χ2v) is 7.64. The molecule has 3 aromatic rings. The van der Waals surface area contributed by atoms with Gasteiger partial charge in [0.15, 0.2) is 0 Å². The Morgan fingerprint density at radius 1 is 1.23 bits per heavy atom. The number of nitrogens with one attached hydrogen (secondary N) is 1. The van der Waals surface area contributed by atoms with E-state index in [9.17, 15) is 13.6 Å². The second kappa shape index (κ2) is 8.89. The number of piperidine rings is 1. The maximum atomic E-state index is 13.8. The van der Waals surface area contributed by atoms with Crippen LogP contribution in [0, 0.1) is 17.6 Å². The molecule has 2 heterocycles. The summed E-state index contributed by atoms with van der Waals surface area (Å²) in [6, 6.07) is 10.2. The summed E-state index contributed by atoms with van der Waals surface area (Å²) in [6.07, 6.45) is 1.49. The molecule has 0 saturated carbocycles. The molecule has 156 valence electrons. The van der Waals surface area contributed by atoms with E-state index in [1.165, 1.54) is 6.07 Å². The van der Waals surface area contributed by atoms with Gasteiger partial charge in [-0.05, 0) is 55.8 Å². The molecule has 30 heavy (non-hydrogen) atoms. The zero-order valence-electron chi connectivity index (χ0n) is 15.9. The van der Waals surface area contributed by atoms with E-state index in [0.717, 1.165) is 30.7 Å². The molecule has 0 aliphatic carbocycles. The molecule has 1 aliphatic rings. The van der Waals surface area contributed by atoms with Gasteiger partial charge in [0.05, 0.1) is 18.2 Å². The number of hydrogen-bond acceptors (Lipinski definition) is 5. The zero-order chi connectivity index (χ0) is 21.1. The molecule has 0 spiro atoms. The maximum absolute atomic E-state index is 13.8. The fourth-order valence-corrected chi connectivity index (χ4v) is 3.59. The number of nitrogens with zero attached hydrogens (tertiary/aromatic N) is 3. The van der Waals surface area contributed by atoms with Gasteiger partial charge in [-0.15, -0.1) is 0 Å². The van der Waals surface area contributed by atoms with Gasteiger partial charge in [0, 0.05) is 23.2 Å². The molecule has 1 amide bonds. The van der Waals surface area contributed by atoms with Gasteiger partial charge < -0.3 is 9.84 Å². The Morgan fingerprint density at radius 3 is 2.80 bits per heavy atom. The average molecular weight is 433 g/mol. The number of benzene rings is 2. The van der Waals surface area contributed by atoms with E-state index in [2.05, 4.69) is 15.5 Å². The largest absolute Gasteiger partial charge is 0.338 e. The normalized spacial score (nSPS) is 17.1. The molecular formula is C21H19ClF2N4O2. The first-order chi connectivity index (χ1) is 14.5. The number of carbonyl (C=O) groups excluding carboxylic acids is 1. The van der Waals surface area contributed by atoms with Gasteiger partial charge in [-0.2, -0.15) is 4.98 Å². The van der Waals surface area contributed by atoms with Gasteiger partial charge in [0.25, 0.3) is 0 Å². The molecule has 1 fully saturated rings. The molecule has 1 aliphatic heterocycles. The summed E-state index contributed by atoms with van der Waals surface area (Å²) in [7, 11) is 0. The highest BCUT2D eigenvalue weighted by atomic mass is 35.5. The van der Waals surface area contributed by atoms with E-state index >= 15 is 0 Å². The first kappa shape index (κ1) is 20.4. The molecule has 1 N–H and O–H groups in total. The van der Waals surface area contributed by atoms with Gasteiger partial charge in [0.1, 0.15) is 11.6 Å². The lowest BCUT2D eigenvalue weighted by atomic mass is 9.97. The van der Waals surface area contributed by atoms with Crippen molar-refractivity contribution in [3.63, 3.8) is 0 Å². The third-order valence-corrected chi connectivity index (χ3v) is 5.25. The Bertz CT molecular complexity index is 1040. The van der Waals surface area contributed by atoms with Crippen LogP contribution in [0.5, 0.6) is 0 Å². The molecule has 6 nitrogen and oxygen atoms in total. The van der Waals surface area contributed by atoms with E-state index in [1.807, 2.05) is 17.0 Å². The van der Waals surface area contributed by atoms with Crippen molar-refractivity contribution < 1.29 is 18.1 Å². The van der Waals surface area contributed by atoms with Crippen LogP contribution in [0.4, 0.5) is 14.5 Å². The highest BCUT2D eigenvalue weighted by Gasteiger charge is 2.27. The summed E-state index contributed by atoms with van der Waals surface area (Å²) in [5.41, 5.74) is 0.773. The third kappa shape index (κ3) is 4.83.